The highest BCUT2D eigenvalue weighted by Crippen LogP contribution is 2.33. The van der Waals surface area contributed by atoms with Crippen LogP contribution in [0.2, 0.25) is 5.02 Å². The molecule has 0 aromatic heterocycles. The lowest BCUT2D eigenvalue weighted by molar-refractivity contribution is 0.0600. The summed E-state index contributed by atoms with van der Waals surface area (Å²) in [6.07, 6.45) is 0.381. The van der Waals surface area contributed by atoms with Gasteiger partial charge in [0.1, 0.15) is 17.1 Å². The molecule has 2 rings (SSSR count). The van der Waals surface area contributed by atoms with E-state index in [1.165, 1.54) is 4.90 Å². The van der Waals surface area contributed by atoms with Gasteiger partial charge in [-0.15, -0.1) is 0 Å². The number of halogens is 1. The van der Waals surface area contributed by atoms with Crippen molar-refractivity contribution in [3.05, 3.63) is 53.6 Å². The summed E-state index contributed by atoms with van der Waals surface area (Å²) in [5, 5.41) is 9.32. The predicted molar refractivity (Wildman–Crippen MR) is 111 cm³/mol. The zero-order valence-electron chi connectivity index (χ0n) is 16.2. The molecule has 28 heavy (non-hydrogen) atoms. The van der Waals surface area contributed by atoms with Crippen LogP contribution in [-0.4, -0.2) is 23.4 Å². The fraction of sp³-hybridized carbons (Fsp3) is 0.318. The van der Waals surface area contributed by atoms with Crippen molar-refractivity contribution in [2.24, 2.45) is 0 Å². The molecule has 2 aromatic carbocycles. The van der Waals surface area contributed by atoms with Crippen molar-refractivity contribution < 1.29 is 19.4 Å². The Morgan fingerprint density at radius 1 is 1.18 bits per heavy atom. The van der Waals surface area contributed by atoms with E-state index in [2.05, 4.69) is 12.0 Å². The number of rotatable bonds is 5. The van der Waals surface area contributed by atoms with E-state index >= 15 is 0 Å². The molecule has 0 aliphatic rings. The smallest absolute Gasteiger partial charge is 0.426 e. The van der Waals surface area contributed by atoms with E-state index in [1.807, 2.05) is 30.3 Å². The Morgan fingerprint density at radius 3 is 2.54 bits per heavy atom. The zero-order chi connectivity index (χ0) is 20.6. The molecule has 0 saturated carbocycles. The molecule has 0 unspecified atom stereocenters. The van der Waals surface area contributed by atoms with Gasteiger partial charge in [0.25, 0.3) is 0 Å². The maximum atomic E-state index is 12.7. The normalized spacial score (nSPS) is 10.6. The van der Waals surface area contributed by atoms with Gasteiger partial charge in [-0.2, -0.15) is 0 Å². The number of unbranched alkanes of at least 4 members (excludes halogenated alkanes) is 1. The van der Waals surface area contributed by atoms with Gasteiger partial charge in [0.15, 0.2) is 0 Å². The second-order valence-electron chi connectivity index (χ2n) is 6.96. The van der Waals surface area contributed by atoms with E-state index in [4.69, 9.17) is 26.2 Å². The van der Waals surface area contributed by atoms with Crippen LogP contribution >= 0.6 is 11.6 Å². The number of hydrogen-bond acceptors (Lipinski definition) is 4. The first-order valence-corrected chi connectivity index (χ1v) is 9.33. The molecule has 0 saturated heterocycles. The number of para-hydroxylation sites is 1. The molecule has 0 bridgehead atoms. The first-order valence-electron chi connectivity index (χ1n) is 8.95. The quantitative estimate of drug-likeness (QED) is 0.402. The van der Waals surface area contributed by atoms with Crippen LogP contribution in [0, 0.1) is 12.0 Å². The molecule has 0 aliphatic carbocycles. The molecular formula is C22H24ClNO4. The van der Waals surface area contributed by atoms with Crippen LogP contribution in [0.25, 0.3) is 0 Å². The summed E-state index contributed by atoms with van der Waals surface area (Å²) in [6.45, 7) is 5.40. The molecule has 1 N–H and O–H groups in total. The lowest BCUT2D eigenvalue weighted by atomic mass is 10.2. The minimum absolute atomic E-state index is 0.0388. The monoisotopic (exact) mass is 401 g/mol. The highest BCUT2D eigenvalue weighted by atomic mass is 35.5. The second-order valence-corrected chi connectivity index (χ2v) is 7.37. The Balaban J connectivity index is 2.34. The van der Waals surface area contributed by atoms with Gasteiger partial charge in [0.2, 0.25) is 0 Å². The van der Waals surface area contributed by atoms with E-state index in [1.54, 1.807) is 39.0 Å². The topological polar surface area (TPSA) is 59.0 Å². The summed E-state index contributed by atoms with van der Waals surface area (Å²) in [5.74, 6) is 3.90. The number of ether oxygens (including phenoxy) is 2. The molecule has 0 atom stereocenters. The van der Waals surface area contributed by atoms with E-state index < -0.39 is 11.7 Å². The third-order valence-electron chi connectivity index (χ3n) is 3.37. The summed E-state index contributed by atoms with van der Waals surface area (Å²) < 4.78 is 11.3. The van der Waals surface area contributed by atoms with E-state index in [9.17, 15) is 4.79 Å². The molecule has 0 radical (unpaired) electrons. The molecule has 148 valence electrons. The Labute approximate surface area is 170 Å². The number of aliphatic hydroxyl groups excluding tert-OH is 1. The van der Waals surface area contributed by atoms with Gasteiger partial charge in [-0.25, -0.2) is 9.69 Å². The largest absolute Gasteiger partial charge is 0.456 e. The van der Waals surface area contributed by atoms with Crippen LogP contribution in [-0.2, 0) is 4.74 Å². The number of carbonyl (C=O) groups is 1. The SMILES string of the molecule is CC(C)(C)OC(=O)N(C#CCCCO)c1ccc(Cl)c(Oc2ccccc2)c1. The van der Waals surface area contributed by atoms with Crippen LogP contribution in [0.15, 0.2) is 48.5 Å². The first kappa shape index (κ1) is 21.6. The van der Waals surface area contributed by atoms with Crippen molar-refractivity contribution in [3.8, 4) is 23.5 Å². The third-order valence-corrected chi connectivity index (χ3v) is 3.68. The minimum atomic E-state index is -0.669. The Hall–Kier alpha value is -2.68. The average Bonchev–Trinajstić information content (AvgIpc) is 2.63. The summed E-state index contributed by atoms with van der Waals surface area (Å²) in [7, 11) is 0. The van der Waals surface area contributed by atoms with Crippen LogP contribution in [0.3, 0.4) is 0 Å². The van der Waals surface area contributed by atoms with Gasteiger partial charge in [0, 0.05) is 25.1 Å². The van der Waals surface area contributed by atoms with Crippen LogP contribution in [0.5, 0.6) is 11.5 Å². The number of nitrogens with zero attached hydrogens (tertiary/aromatic N) is 1. The van der Waals surface area contributed by atoms with Crippen molar-refractivity contribution in [3.63, 3.8) is 0 Å². The van der Waals surface area contributed by atoms with Gasteiger partial charge < -0.3 is 14.6 Å². The maximum absolute atomic E-state index is 12.7. The highest BCUT2D eigenvalue weighted by Gasteiger charge is 2.23. The predicted octanol–water partition coefficient (Wildman–Crippen LogP) is 5.61. The van der Waals surface area contributed by atoms with Crippen molar-refractivity contribution in [2.75, 3.05) is 11.5 Å². The van der Waals surface area contributed by atoms with E-state index in [0.717, 1.165) is 0 Å². The summed E-state index contributed by atoms with van der Waals surface area (Å²) in [4.78, 5) is 13.9. The van der Waals surface area contributed by atoms with Crippen molar-refractivity contribution >= 4 is 23.4 Å². The Kier molecular flexibility index (Phi) is 7.74. The number of anilines is 1. The van der Waals surface area contributed by atoms with Crippen LogP contribution < -0.4 is 9.64 Å². The summed E-state index contributed by atoms with van der Waals surface area (Å²) >= 11 is 6.26. The lowest BCUT2D eigenvalue weighted by Gasteiger charge is -2.24. The van der Waals surface area contributed by atoms with E-state index in [0.29, 0.717) is 35.1 Å². The molecule has 0 fully saturated rings. The molecule has 6 heteroatoms. The van der Waals surface area contributed by atoms with Crippen molar-refractivity contribution in [1.29, 1.82) is 0 Å². The van der Waals surface area contributed by atoms with Crippen molar-refractivity contribution in [2.45, 2.75) is 39.2 Å². The second kappa shape index (κ2) is 10.0. The summed E-state index contributed by atoms with van der Waals surface area (Å²) in [6, 6.07) is 17.0. The fourth-order valence-corrected chi connectivity index (χ4v) is 2.31. The fourth-order valence-electron chi connectivity index (χ4n) is 2.15. The third kappa shape index (κ3) is 6.80. The minimum Gasteiger partial charge on any atom is -0.456 e. The molecule has 0 aliphatic heterocycles. The number of hydrogen-bond donors (Lipinski definition) is 1. The molecular weight excluding hydrogens is 378 g/mol. The highest BCUT2D eigenvalue weighted by molar-refractivity contribution is 6.32. The number of amides is 1. The molecule has 0 spiro atoms. The van der Waals surface area contributed by atoms with Gasteiger partial charge >= 0.3 is 6.09 Å². The van der Waals surface area contributed by atoms with Crippen LogP contribution in [0.1, 0.15) is 33.6 Å². The Morgan fingerprint density at radius 2 is 1.89 bits per heavy atom. The van der Waals surface area contributed by atoms with Gasteiger partial charge in [-0.1, -0.05) is 35.7 Å². The molecule has 0 heterocycles. The molecule has 5 nitrogen and oxygen atoms in total. The van der Waals surface area contributed by atoms with Gasteiger partial charge in [-0.05, 0) is 51.5 Å². The zero-order valence-corrected chi connectivity index (χ0v) is 17.0. The first-order chi connectivity index (χ1) is 13.3. The Bertz CT molecular complexity index is 850. The molecule has 2 aromatic rings. The van der Waals surface area contributed by atoms with Crippen LogP contribution in [0.4, 0.5) is 10.5 Å². The number of carbonyl (C=O) groups excluding carboxylic acids is 1. The van der Waals surface area contributed by atoms with Gasteiger partial charge in [-0.3, -0.25) is 0 Å². The average molecular weight is 402 g/mol. The standard InChI is InChI=1S/C22H24ClNO4/c1-22(2,3)28-21(26)24(14-8-5-9-15-25)17-12-13-19(23)20(16-17)27-18-10-6-4-7-11-18/h4,6-7,10-13,16,25H,5,9,15H2,1-3H3. The molecule has 1 amide bonds. The maximum Gasteiger partial charge on any atom is 0.426 e. The number of aliphatic hydroxyl groups is 1. The number of benzene rings is 2. The van der Waals surface area contributed by atoms with E-state index in [-0.39, 0.29) is 6.61 Å². The van der Waals surface area contributed by atoms with Gasteiger partial charge in [0.05, 0.1) is 10.7 Å². The lowest BCUT2D eigenvalue weighted by Crippen LogP contribution is -2.34. The summed E-state index contributed by atoms with van der Waals surface area (Å²) in [5.41, 5.74) is -0.196. The van der Waals surface area contributed by atoms with Crippen molar-refractivity contribution in [1.82, 2.24) is 0 Å².